The van der Waals surface area contributed by atoms with Crippen LogP contribution in [0.3, 0.4) is 0 Å². The Hall–Kier alpha value is -3.06. The molecule has 1 atom stereocenters. The standard InChI is InChI=1S/C24H27FN4O2/c1-16-14-20(8-9-21(16)25)22-27-24(31-28-22)17(2)29-12-10-19(11-13-29)23(30)26-15-18-6-4-3-5-7-18/h3-9,14,17,19H,10-13,15H2,1-2H3,(H,26,30). The third kappa shape index (κ3) is 4.99. The summed E-state index contributed by atoms with van der Waals surface area (Å²) in [5, 5.41) is 7.12. The van der Waals surface area contributed by atoms with E-state index in [9.17, 15) is 9.18 Å². The topological polar surface area (TPSA) is 71.3 Å². The number of hydrogen-bond acceptors (Lipinski definition) is 5. The SMILES string of the molecule is Cc1cc(-c2noc(C(C)N3CCC(C(=O)NCc4ccccc4)CC3)n2)ccc1F. The average Bonchev–Trinajstić information content (AvgIpc) is 3.30. The van der Waals surface area contributed by atoms with Gasteiger partial charge in [-0.2, -0.15) is 4.98 Å². The van der Waals surface area contributed by atoms with Crippen LogP contribution in [0.5, 0.6) is 0 Å². The van der Waals surface area contributed by atoms with Crippen LogP contribution >= 0.6 is 0 Å². The molecule has 0 saturated carbocycles. The smallest absolute Gasteiger partial charge is 0.244 e. The van der Waals surface area contributed by atoms with Crippen molar-refractivity contribution in [3.8, 4) is 11.4 Å². The second kappa shape index (κ2) is 9.39. The molecular weight excluding hydrogens is 395 g/mol. The first-order chi connectivity index (χ1) is 15.0. The molecule has 1 fully saturated rings. The Morgan fingerprint density at radius 3 is 2.68 bits per heavy atom. The quantitative estimate of drug-likeness (QED) is 0.642. The Labute approximate surface area is 181 Å². The average molecular weight is 423 g/mol. The first kappa shape index (κ1) is 21.2. The highest BCUT2D eigenvalue weighted by atomic mass is 19.1. The van der Waals surface area contributed by atoms with Crippen LogP contribution in [-0.4, -0.2) is 34.0 Å². The lowest BCUT2D eigenvalue weighted by atomic mass is 9.95. The minimum absolute atomic E-state index is 0.0209. The molecule has 0 spiro atoms. The molecule has 1 unspecified atom stereocenters. The Kier molecular flexibility index (Phi) is 6.42. The van der Waals surface area contributed by atoms with E-state index in [1.54, 1.807) is 19.1 Å². The zero-order valence-electron chi connectivity index (χ0n) is 17.8. The van der Waals surface area contributed by atoms with Crippen molar-refractivity contribution in [3.05, 3.63) is 71.4 Å². The molecule has 2 aromatic carbocycles. The van der Waals surface area contributed by atoms with Crippen molar-refractivity contribution >= 4 is 5.91 Å². The molecule has 1 aliphatic rings. The number of nitrogens with one attached hydrogen (secondary N) is 1. The van der Waals surface area contributed by atoms with Gasteiger partial charge >= 0.3 is 0 Å². The number of piperidine rings is 1. The maximum Gasteiger partial charge on any atom is 0.244 e. The van der Waals surface area contributed by atoms with Gasteiger partial charge in [-0.15, -0.1) is 0 Å². The van der Waals surface area contributed by atoms with Crippen LogP contribution < -0.4 is 5.32 Å². The lowest BCUT2D eigenvalue weighted by Gasteiger charge is -2.33. The Bertz CT molecular complexity index is 1030. The maximum atomic E-state index is 13.5. The zero-order valence-corrected chi connectivity index (χ0v) is 17.8. The molecule has 4 rings (SSSR count). The summed E-state index contributed by atoms with van der Waals surface area (Å²) in [6.45, 7) is 5.88. The molecule has 0 aliphatic carbocycles. The van der Waals surface area contributed by atoms with Crippen molar-refractivity contribution in [2.45, 2.75) is 39.3 Å². The zero-order chi connectivity index (χ0) is 21.8. The lowest BCUT2D eigenvalue weighted by Crippen LogP contribution is -2.41. The Balaban J connectivity index is 1.31. The van der Waals surface area contributed by atoms with Crippen LogP contribution in [0.15, 0.2) is 53.1 Å². The summed E-state index contributed by atoms with van der Waals surface area (Å²) in [7, 11) is 0. The Morgan fingerprint density at radius 1 is 1.23 bits per heavy atom. The van der Waals surface area contributed by atoms with E-state index in [1.807, 2.05) is 37.3 Å². The second-order valence-corrected chi connectivity index (χ2v) is 8.11. The first-order valence-corrected chi connectivity index (χ1v) is 10.7. The van der Waals surface area contributed by atoms with Crippen molar-refractivity contribution in [2.75, 3.05) is 13.1 Å². The maximum absolute atomic E-state index is 13.5. The third-order valence-electron chi connectivity index (χ3n) is 5.97. The first-order valence-electron chi connectivity index (χ1n) is 10.7. The minimum Gasteiger partial charge on any atom is -0.352 e. The van der Waals surface area contributed by atoms with E-state index in [4.69, 9.17) is 4.52 Å². The van der Waals surface area contributed by atoms with E-state index in [1.165, 1.54) is 6.07 Å². The van der Waals surface area contributed by atoms with Crippen LogP contribution in [0.1, 0.15) is 42.8 Å². The van der Waals surface area contributed by atoms with Crippen molar-refractivity contribution in [1.29, 1.82) is 0 Å². The highest BCUT2D eigenvalue weighted by molar-refractivity contribution is 5.78. The number of hydrogen-bond donors (Lipinski definition) is 1. The summed E-state index contributed by atoms with van der Waals surface area (Å²) in [6.07, 6.45) is 1.59. The monoisotopic (exact) mass is 422 g/mol. The van der Waals surface area contributed by atoms with Crippen LogP contribution in [0.25, 0.3) is 11.4 Å². The Morgan fingerprint density at radius 2 is 1.97 bits per heavy atom. The van der Waals surface area contributed by atoms with E-state index in [-0.39, 0.29) is 23.7 Å². The molecule has 1 amide bonds. The number of benzene rings is 2. The lowest BCUT2D eigenvalue weighted by molar-refractivity contribution is -0.126. The number of aromatic nitrogens is 2. The van der Waals surface area contributed by atoms with Crippen molar-refractivity contribution in [3.63, 3.8) is 0 Å². The molecule has 1 saturated heterocycles. The fourth-order valence-corrected chi connectivity index (χ4v) is 3.94. The number of carbonyl (C=O) groups excluding carboxylic acids is 1. The molecule has 1 N–H and O–H groups in total. The van der Waals surface area contributed by atoms with Crippen molar-refractivity contribution < 1.29 is 13.7 Å². The highest BCUT2D eigenvalue weighted by Gasteiger charge is 2.29. The van der Waals surface area contributed by atoms with Crippen LogP contribution in [0.4, 0.5) is 4.39 Å². The van der Waals surface area contributed by atoms with Crippen molar-refractivity contribution in [2.24, 2.45) is 5.92 Å². The summed E-state index contributed by atoms with van der Waals surface area (Å²) in [6, 6.07) is 14.7. The summed E-state index contributed by atoms with van der Waals surface area (Å²) >= 11 is 0. The van der Waals surface area contributed by atoms with E-state index in [2.05, 4.69) is 20.4 Å². The van der Waals surface area contributed by atoms with Gasteiger partial charge in [0, 0.05) is 18.0 Å². The van der Waals surface area contributed by atoms with Gasteiger partial charge in [0.25, 0.3) is 0 Å². The van der Waals surface area contributed by atoms with E-state index in [0.29, 0.717) is 23.8 Å². The molecule has 2 heterocycles. The number of nitrogens with zero attached hydrogens (tertiary/aromatic N) is 3. The summed E-state index contributed by atoms with van der Waals surface area (Å²) in [5.74, 6) is 0.871. The molecule has 0 radical (unpaired) electrons. The van der Waals surface area contributed by atoms with Gasteiger partial charge < -0.3 is 9.84 Å². The molecule has 7 heteroatoms. The predicted molar refractivity (Wildman–Crippen MR) is 115 cm³/mol. The van der Waals surface area contributed by atoms with Crippen LogP contribution in [0.2, 0.25) is 0 Å². The molecule has 3 aromatic rings. The number of rotatable bonds is 6. The van der Waals surface area contributed by atoms with Gasteiger partial charge in [0.15, 0.2) is 0 Å². The predicted octanol–water partition coefficient (Wildman–Crippen LogP) is 4.27. The van der Waals surface area contributed by atoms with Crippen molar-refractivity contribution in [1.82, 2.24) is 20.4 Å². The molecule has 1 aromatic heterocycles. The fourth-order valence-electron chi connectivity index (χ4n) is 3.94. The van der Waals surface area contributed by atoms with E-state index >= 15 is 0 Å². The highest BCUT2D eigenvalue weighted by Crippen LogP contribution is 2.28. The largest absolute Gasteiger partial charge is 0.352 e. The molecule has 162 valence electrons. The summed E-state index contributed by atoms with van der Waals surface area (Å²) in [4.78, 5) is 19.3. The normalized spacial score (nSPS) is 16.2. The van der Waals surface area contributed by atoms with E-state index < -0.39 is 0 Å². The number of amides is 1. The molecule has 6 nitrogen and oxygen atoms in total. The third-order valence-corrected chi connectivity index (χ3v) is 5.97. The van der Waals surface area contributed by atoms with Gasteiger partial charge in [0.05, 0.1) is 6.04 Å². The van der Waals surface area contributed by atoms with Gasteiger partial charge in [-0.1, -0.05) is 35.5 Å². The number of aryl methyl sites for hydroxylation is 1. The van der Waals surface area contributed by atoms with Gasteiger partial charge in [-0.05, 0) is 69.1 Å². The number of carbonyl (C=O) groups is 1. The summed E-state index contributed by atoms with van der Waals surface area (Å²) in [5.41, 5.74) is 2.38. The summed E-state index contributed by atoms with van der Waals surface area (Å²) < 4.78 is 19.0. The number of halogens is 1. The minimum atomic E-state index is -0.253. The number of likely N-dealkylation sites (tertiary alicyclic amines) is 1. The molecule has 1 aliphatic heterocycles. The van der Waals surface area contributed by atoms with Crippen LogP contribution in [-0.2, 0) is 11.3 Å². The molecule has 0 bridgehead atoms. The molecule has 31 heavy (non-hydrogen) atoms. The van der Waals surface area contributed by atoms with Gasteiger partial charge in [-0.25, -0.2) is 4.39 Å². The molecular formula is C24H27FN4O2. The second-order valence-electron chi connectivity index (χ2n) is 8.11. The van der Waals surface area contributed by atoms with Crippen LogP contribution in [0, 0.1) is 18.7 Å². The van der Waals surface area contributed by atoms with Gasteiger partial charge in [0.2, 0.25) is 17.6 Å². The van der Waals surface area contributed by atoms with Gasteiger partial charge in [0.1, 0.15) is 5.82 Å². The fraction of sp³-hybridized carbons (Fsp3) is 0.375. The van der Waals surface area contributed by atoms with E-state index in [0.717, 1.165) is 37.1 Å². The van der Waals surface area contributed by atoms with Gasteiger partial charge in [-0.3, -0.25) is 9.69 Å².